The zero-order valence-electron chi connectivity index (χ0n) is 12.6. The van der Waals surface area contributed by atoms with Gasteiger partial charge in [-0.25, -0.2) is 9.37 Å². The molecule has 0 atom stereocenters. The van der Waals surface area contributed by atoms with Crippen LogP contribution in [0.1, 0.15) is 30.7 Å². The molecular formula is C16H22FN3. The standard InChI is InChI=1S/C16H22FN3/c1-11(2)18-16-19-13(4)10-20(16)8-7-14-5-6-15(17)9-12(14)3/h5-6,9-11H,7-8H2,1-4H3,(H,18,19). The van der Waals surface area contributed by atoms with Crippen molar-refractivity contribution in [1.82, 2.24) is 9.55 Å². The third-order valence-corrected chi connectivity index (χ3v) is 3.24. The van der Waals surface area contributed by atoms with Crippen LogP contribution in [-0.4, -0.2) is 15.6 Å². The van der Waals surface area contributed by atoms with Crippen LogP contribution in [0, 0.1) is 19.7 Å². The average molecular weight is 275 g/mol. The van der Waals surface area contributed by atoms with E-state index in [2.05, 4.69) is 28.7 Å². The second-order valence-corrected chi connectivity index (χ2v) is 5.52. The van der Waals surface area contributed by atoms with Gasteiger partial charge in [-0.1, -0.05) is 6.07 Å². The van der Waals surface area contributed by atoms with Gasteiger partial charge in [0.15, 0.2) is 0 Å². The molecule has 0 fully saturated rings. The minimum absolute atomic E-state index is 0.174. The van der Waals surface area contributed by atoms with Gasteiger partial charge in [-0.3, -0.25) is 0 Å². The first-order valence-corrected chi connectivity index (χ1v) is 7.01. The lowest BCUT2D eigenvalue weighted by Crippen LogP contribution is -2.15. The summed E-state index contributed by atoms with van der Waals surface area (Å²) in [4.78, 5) is 4.49. The molecule has 0 amide bonds. The van der Waals surface area contributed by atoms with Gasteiger partial charge in [-0.2, -0.15) is 0 Å². The number of hydrogen-bond acceptors (Lipinski definition) is 2. The maximum Gasteiger partial charge on any atom is 0.203 e. The predicted octanol–water partition coefficient (Wildman–Crippen LogP) is 3.70. The zero-order chi connectivity index (χ0) is 14.7. The Morgan fingerprint density at radius 3 is 2.70 bits per heavy atom. The summed E-state index contributed by atoms with van der Waals surface area (Å²) in [6.45, 7) is 8.97. The van der Waals surface area contributed by atoms with Crippen LogP contribution in [-0.2, 0) is 13.0 Å². The number of aromatic nitrogens is 2. The smallest absolute Gasteiger partial charge is 0.203 e. The molecule has 0 aliphatic carbocycles. The van der Waals surface area contributed by atoms with E-state index in [0.29, 0.717) is 6.04 Å². The first-order valence-electron chi connectivity index (χ1n) is 7.01. The van der Waals surface area contributed by atoms with Gasteiger partial charge in [-0.15, -0.1) is 0 Å². The Balaban J connectivity index is 2.10. The molecule has 108 valence electrons. The summed E-state index contributed by atoms with van der Waals surface area (Å²) < 4.78 is 15.2. The van der Waals surface area contributed by atoms with Gasteiger partial charge >= 0.3 is 0 Å². The van der Waals surface area contributed by atoms with Crippen molar-refractivity contribution >= 4 is 5.95 Å². The second-order valence-electron chi connectivity index (χ2n) is 5.52. The Morgan fingerprint density at radius 2 is 2.05 bits per heavy atom. The van der Waals surface area contributed by atoms with Crippen LogP contribution in [0.15, 0.2) is 24.4 Å². The second kappa shape index (κ2) is 6.07. The Morgan fingerprint density at radius 1 is 1.30 bits per heavy atom. The van der Waals surface area contributed by atoms with Gasteiger partial charge in [0.05, 0.1) is 5.69 Å². The van der Waals surface area contributed by atoms with Crippen molar-refractivity contribution in [3.63, 3.8) is 0 Å². The molecule has 3 nitrogen and oxygen atoms in total. The summed E-state index contributed by atoms with van der Waals surface area (Å²) in [7, 11) is 0. The van der Waals surface area contributed by atoms with E-state index >= 15 is 0 Å². The highest BCUT2D eigenvalue weighted by atomic mass is 19.1. The molecule has 0 aliphatic heterocycles. The van der Waals surface area contributed by atoms with Gasteiger partial charge in [0.25, 0.3) is 0 Å². The summed E-state index contributed by atoms with van der Waals surface area (Å²) in [5.74, 6) is 0.726. The number of aryl methyl sites for hydroxylation is 4. The molecular weight excluding hydrogens is 253 g/mol. The molecule has 0 aliphatic rings. The van der Waals surface area contributed by atoms with E-state index in [1.807, 2.05) is 26.1 Å². The Hall–Kier alpha value is -1.84. The molecule has 0 saturated heterocycles. The SMILES string of the molecule is Cc1cn(CCc2ccc(F)cc2C)c(NC(C)C)n1. The lowest BCUT2D eigenvalue weighted by molar-refractivity contribution is 0.623. The Kier molecular flexibility index (Phi) is 4.42. The monoisotopic (exact) mass is 275 g/mol. The topological polar surface area (TPSA) is 29.9 Å². The largest absolute Gasteiger partial charge is 0.353 e. The lowest BCUT2D eigenvalue weighted by Gasteiger charge is -2.13. The average Bonchev–Trinajstić information content (AvgIpc) is 2.67. The highest BCUT2D eigenvalue weighted by Gasteiger charge is 2.07. The number of benzene rings is 1. The molecule has 0 radical (unpaired) electrons. The van der Waals surface area contributed by atoms with Gasteiger partial charge in [0.2, 0.25) is 5.95 Å². The van der Waals surface area contributed by atoms with Crippen LogP contribution < -0.4 is 5.32 Å². The fourth-order valence-corrected chi connectivity index (χ4v) is 2.27. The fraction of sp³-hybridized carbons (Fsp3) is 0.438. The predicted molar refractivity (Wildman–Crippen MR) is 80.6 cm³/mol. The number of hydrogen-bond donors (Lipinski definition) is 1. The van der Waals surface area contributed by atoms with Crippen molar-refractivity contribution in [2.45, 2.75) is 46.7 Å². The van der Waals surface area contributed by atoms with E-state index < -0.39 is 0 Å². The Labute approximate surface area is 119 Å². The molecule has 1 heterocycles. The summed E-state index contributed by atoms with van der Waals surface area (Å²) >= 11 is 0. The van der Waals surface area contributed by atoms with Crippen LogP contribution in [0.25, 0.3) is 0 Å². The third-order valence-electron chi connectivity index (χ3n) is 3.24. The Bertz CT molecular complexity index is 587. The van der Waals surface area contributed by atoms with E-state index in [-0.39, 0.29) is 5.82 Å². The van der Waals surface area contributed by atoms with Gasteiger partial charge in [0.1, 0.15) is 5.82 Å². The van der Waals surface area contributed by atoms with E-state index in [1.165, 1.54) is 11.6 Å². The first-order chi connectivity index (χ1) is 9.45. The molecule has 0 spiro atoms. The summed E-state index contributed by atoms with van der Waals surface area (Å²) in [5.41, 5.74) is 3.18. The van der Waals surface area contributed by atoms with E-state index in [9.17, 15) is 4.39 Å². The molecule has 0 bridgehead atoms. The third kappa shape index (κ3) is 3.59. The number of rotatable bonds is 5. The number of halogens is 1. The fourth-order valence-electron chi connectivity index (χ4n) is 2.27. The van der Waals surface area contributed by atoms with Crippen molar-refractivity contribution in [2.24, 2.45) is 0 Å². The van der Waals surface area contributed by atoms with Crippen LogP contribution in [0.3, 0.4) is 0 Å². The number of nitrogens with zero attached hydrogens (tertiary/aromatic N) is 2. The van der Waals surface area contributed by atoms with Gasteiger partial charge in [0, 0.05) is 18.8 Å². The molecule has 1 aromatic heterocycles. The van der Waals surface area contributed by atoms with Crippen molar-refractivity contribution in [3.8, 4) is 0 Å². The number of imidazole rings is 1. The van der Waals surface area contributed by atoms with Crippen molar-refractivity contribution in [1.29, 1.82) is 0 Å². The minimum atomic E-state index is -0.174. The highest BCUT2D eigenvalue weighted by molar-refractivity contribution is 5.31. The molecule has 0 unspecified atom stereocenters. The molecule has 4 heteroatoms. The quantitative estimate of drug-likeness (QED) is 0.901. The van der Waals surface area contributed by atoms with E-state index in [1.54, 1.807) is 6.07 Å². The number of anilines is 1. The van der Waals surface area contributed by atoms with E-state index in [0.717, 1.165) is 30.2 Å². The minimum Gasteiger partial charge on any atom is -0.353 e. The van der Waals surface area contributed by atoms with Crippen molar-refractivity contribution in [3.05, 3.63) is 47.0 Å². The van der Waals surface area contributed by atoms with Crippen LogP contribution >= 0.6 is 0 Å². The molecule has 1 N–H and O–H groups in total. The molecule has 2 aromatic rings. The van der Waals surface area contributed by atoms with Gasteiger partial charge < -0.3 is 9.88 Å². The molecule has 0 saturated carbocycles. The van der Waals surface area contributed by atoms with E-state index in [4.69, 9.17) is 0 Å². The summed E-state index contributed by atoms with van der Waals surface area (Å²) in [6, 6.07) is 5.32. The van der Waals surface area contributed by atoms with Gasteiger partial charge in [-0.05, 0) is 57.4 Å². The zero-order valence-corrected chi connectivity index (χ0v) is 12.6. The maximum atomic E-state index is 13.1. The van der Waals surface area contributed by atoms with Crippen molar-refractivity contribution in [2.75, 3.05) is 5.32 Å². The number of nitrogens with one attached hydrogen (secondary N) is 1. The molecule has 2 rings (SSSR count). The normalized spacial score (nSPS) is 11.1. The first kappa shape index (κ1) is 14.6. The maximum absolute atomic E-state index is 13.1. The molecule has 1 aromatic carbocycles. The van der Waals surface area contributed by atoms with Crippen molar-refractivity contribution < 1.29 is 4.39 Å². The molecule has 20 heavy (non-hydrogen) atoms. The van der Waals surface area contributed by atoms with Crippen LogP contribution in [0.2, 0.25) is 0 Å². The highest BCUT2D eigenvalue weighted by Crippen LogP contribution is 2.15. The summed E-state index contributed by atoms with van der Waals surface area (Å²) in [5, 5.41) is 3.35. The van der Waals surface area contributed by atoms with Crippen LogP contribution in [0.4, 0.5) is 10.3 Å². The van der Waals surface area contributed by atoms with Crippen LogP contribution in [0.5, 0.6) is 0 Å². The lowest BCUT2D eigenvalue weighted by atomic mass is 10.1. The summed E-state index contributed by atoms with van der Waals surface area (Å²) in [6.07, 6.45) is 2.91.